The fraction of sp³-hybridized carbons (Fsp3) is 0.0588. The number of pyridine rings is 1. The summed E-state index contributed by atoms with van der Waals surface area (Å²) in [5.74, 6) is 0.244. The molecule has 0 N–H and O–H groups in total. The molecular formula is C17H12FNO2. The van der Waals surface area contributed by atoms with Gasteiger partial charge < -0.3 is 4.74 Å². The molecule has 0 radical (unpaired) electrons. The Bertz CT molecular complexity index is 830. The van der Waals surface area contributed by atoms with Crippen molar-refractivity contribution in [3.63, 3.8) is 0 Å². The van der Waals surface area contributed by atoms with Crippen molar-refractivity contribution in [1.82, 2.24) is 4.98 Å². The summed E-state index contributed by atoms with van der Waals surface area (Å²) in [6.07, 6.45) is 0.753. The number of methoxy groups -OCH3 is 1. The van der Waals surface area contributed by atoms with Gasteiger partial charge in [-0.1, -0.05) is 18.2 Å². The highest BCUT2D eigenvalue weighted by Gasteiger charge is 2.11. The highest BCUT2D eigenvalue weighted by atomic mass is 19.1. The first-order valence-electron chi connectivity index (χ1n) is 6.42. The Morgan fingerprint density at radius 1 is 1.14 bits per heavy atom. The topological polar surface area (TPSA) is 39.2 Å². The second-order valence-electron chi connectivity index (χ2n) is 4.58. The molecular weight excluding hydrogens is 269 g/mol. The third kappa shape index (κ3) is 2.36. The van der Waals surface area contributed by atoms with Gasteiger partial charge in [-0.15, -0.1) is 0 Å². The van der Waals surface area contributed by atoms with E-state index < -0.39 is 0 Å². The maximum absolute atomic E-state index is 13.9. The lowest BCUT2D eigenvalue weighted by molar-refractivity contribution is 0.112. The Labute approximate surface area is 121 Å². The van der Waals surface area contributed by atoms with Crippen LogP contribution in [-0.4, -0.2) is 18.4 Å². The minimum absolute atomic E-state index is 0.349. The Hall–Kier alpha value is -2.75. The molecule has 0 saturated carbocycles. The van der Waals surface area contributed by atoms with E-state index in [1.165, 1.54) is 6.07 Å². The summed E-state index contributed by atoms with van der Waals surface area (Å²) in [7, 11) is 1.55. The van der Waals surface area contributed by atoms with Gasteiger partial charge >= 0.3 is 0 Å². The van der Waals surface area contributed by atoms with Gasteiger partial charge in [-0.2, -0.15) is 0 Å². The number of ether oxygens (including phenoxy) is 1. The van der Waals surface area contributed by atoms with Crippen LogP contribution in [0.3, 0.4) is 0 Å². The van der Waals surface area contributed by atoms with Crippen LogP contribution in [-0.2, 0) is 0 Å². The number of benzene rings is 2. The molecule has 21 heavy (non-hydrogen) atoms. The van der Waals surface area contributed by atoms with Crippen LogP contribution in [0.1, 0.15) is 10.4 Å². The fourth-order valence-electron chi connectivity index (χ4n) is 2.26. The molecule has 0 bridgehead atoms. The maximum Gasteiger partial charge on any atom is 0.150 e. The van der Waals surface area contributed by atoms with E-state index in [4.69, 9.17) is 4.74 Å². The summed E-state index contributed by atoms with van der Waals surface area (Å²) in [5.41, 5.74) is 1.98. The largest absolute Gasteiger partial charge is 0.496 e. The van der Waals surface area contributed by atoms with Gasteiger partial charge in [0.25, 0.3) is 0 Å². The van der Waals surface area contributed by atoms with Gasteiger partial charge in [0.15, 0.2) is 0 Å². The van der Waals surface area contributed by atoms with E-state index in [-0.39, 0.29) is 5.82 Å². The van der Waals surface area contributed by atoms with Crippen molar-refractivity contribution >= 4 is 17.2 Å². The van der Waals surface area contributed by atoms with Crippen LogP contribution in [0.2, 0.25) is 0 Å². The summed E-state index contributed by atoms with van der Waals surface area (Å²) in [6.45, 7) is 0. The zero-order valence-corrected chi connectivity index (χ0v) is 11.3. The molecule has 0 atom stereocenters. The molecule has 0 aliphatic heterocycles. The van der Waals surface area contributed by atoms with Crippen LogP contribution in [0.5, 0.6) is 5.75 Å². The number of aromatic nitrogens is 1. The second kappa shape index (κ2) is 5.32. The predicted molar refractivity (Wildman–Crippen MR) is 79.1 cm³/mol. The molecule has 2 aromatic carbocycles. The number of nitrogens with zero attached hydrogens (tertiary/aromatic N) is 1. The van der Waals surface area contributed by atoms with Crippen molar-refractivity contribution in [2.75, 3.05) is 7.11 Å². The average Bonchev–Trinajstić information content (AvgIpc) is 2.53. The zero-order chi connectivity index (χ0) is 14.8. The number of halogens is 1. The minimum atomic E-state index is -0.349. The second-order valence-corrected chi connectivity index (χ2v) is 4.58. The van der Waals surface area contributed by atoms with Gasteiger partial charge in [-0.25, -0.2) is 9.37 Å². The first kappa shape index (κ1) is 13.2. The molecule has 0 saturated heterocycles. The number of fused-ring (bicyclic) bond motifs is 1. The summed E-state index contributed by atoms with van der Waals surface area (Å²) in [6, 6.07) is 13.2. The van der Waals surface area contributed by atoms with Crippen LogP contribution in [0.4, 0.5) is 4.39 Å². The SMILES string of the molecule is COc1cc(-c2ccccc2F)nc2cc(C=O)ccc12. The van der Waals surface area contributed by atoms with Gasteiger partial charge in [0.05, 0.1) is 18.3 Å². The molecule has 1 heterocycles. The lowest BCUT2D eigenvalue weighted by atomic mass is 10.1. The molecule has 3 aromatic rings. The van der Waals surface area contributed by atoms with Crippen LogP contribution < -0.4 is 4.74 Å². The Morgan fingerprint density at radius 2 is 1.95 bits per heavy atom. The van der Waals surface area contributed by atoms with Crippen molar-refractivity contribution < 1.29 is 13.9 Å². The lowest BCUT2D eigenvalue weighted by Gasteiger charge is -2.09. The highest BCUT2D eigenvalue weighted by Crippen LogP contribution is 2.31. The van der Waals surface area contributed by atoms with Gasteiger partial charge in [-0.05, 0) is 24.3 Å². The maximum atomic E-state index is 13.9. The normalized spacial score (nSPS) is 10.6. The molecule has 4 heteroatoms. The molecule has 104 valence electrons. The van der Waals surface area contributed by atoms with E-state index in [1.807, 2.05) is 0 Å². The van der Waals surface area contributed by atoms with E-state index in [9.17, 15) is 9.18 Å². The van der Waals surface area contributed by atoms with Gasteiger partial charge in [0, 0.05) is 22.6 Å². The molecule has 3 rings (SSSR count). The standard InChI is InChI=1S/C17H12FNO2/c1-21-17-9-16(12-4-2-3-5-14(12)18)19-15-8-11(10-20)6-7-13(15)17/h2-10H,1H3. The third-order valence-electron chi connectivity index (χ3n) is 3.30. The number of carbonyl (C=O) groups excluding carboxylic acids is 1. The van der Waals surface area contributed by atoms with Crippen LogP contribution in [0, 0.1) is 5.82 Å². The summed E-state index contributed by atoms with van der Waals surface area (Å²) < 4.78 is 19.3. The molecule has 0 fully saturated rings. The predicted octanol–water partition coefficient (Wildman–Crippen LogP) is 3.86. The zero-order valence-electron chi connectivity index (χ0n) is 11.3. The number of hydrogen-bond donors (Lipinski definition) is 0. The van der Waals surface area contributed by atoms with Crippen molar-refractivity contribution in [1.29, 1.82) is 0 Å². The fourth-order valence-corrected chi connectivity index (χ4v) is 2.26. The number of aldehydes is 1. The first-order valence-corrected chi connectivity index (χ1v) is 6.42. The van der Waals surface area contributed by atoms with Gasteiger partial charge in [-0.3, -0.25) is 4.79 Å². The van der Waals surface area contributed by atoms with Crippen LogP contribution in [0.25, 0.3) is 22.2 Å². The molecule has 3 nitrogen and oxygen atoms in total. The number of carbonyl (C=O) groups is 1. The quantitative estimate of drug-likeness (QED) is 0.684. The average molecular weight is 281 g/mol. The van der Waals surface area contributed by atoms with E-state index in [2.05, 4.69) is 4.98 Å². The highest BCUT2D eigenvalue weighted by molar-refractivity contribution is 5.92. The first-order chi connectivity index (χ1) is 10.2. The summed E-state index contributed by atoms with van der Waals surface area (Å²) >= 11 is 0. The monoisotopic (exact) mass is 281 g/mol. The smallest absolute Gasteiger partial charge is 0.150 e. The van der Waals surface area contributed by atoms with Gasteiger partial charge in [0.1, 0.15) is 17.9 Å². The van der Waals surface area contributed by atoms with Gasteiger partial charge in [0.2, 0.25) is 0 Å². The number of hydrogen-bond acceptors (Lipinski definition) is 3. The summed E-state index contributed by atoms with van der Waals surface area (Å²) in [5, 5.41) is 0.781. The van der Waals surface area contributed by atoms with E-state index >= 15 is 0 Å². The molecule has 0 aliphatic rings. The Balaban J connectivity index is 2.29. The Kier molecular flexibility index (Phi) is 3.36. The minimum Gasteiger partial charge on any atom is -0.496 e. The summed E-state index contributed by atoms with van der Waals surface area (Å²) in [4.78, 5) is 15.3. The van der Waals surface area contributed by atoms with E-state index in [0.717, 1.165) is 11.7 Å². The lowest BCUT2D eigenvalue weighted by Crippen LogP contribution is -1.94. The van der Waals surface area contributed by atoms with Crippen molar-refractivity contribution in [3.8, 4) is 17.0 Å². The van der Waals surface area contributed by atoms with Crippen LogP contribution in [0.15, 0.2) is 48.5 Å². The van der Waals surface area contributed by atoms with Crippen LogP contribution >= 0.6 is 0 Å². The molecule has 0 unspecified atom stereocenters. The van der Waals surface area contributed by atoms with E-state index in [1.54, 1.807) is 49.6 Å². The van der Waals surface area contributed by atoms with Crippen molar-refractivity contribution in [2.45, 2.75) is 0 Å². The Morgan fingerprint density at radius 3 is 2.67 bits per heavy atom. The third-order valence-corrected chi connectivity index (χ3v) is 3.30. The molecule has 0 spiro atoms. The molecule has 0 amide bonds. The van der Waals surface area contributed by atoms with E-state index in [0.29, 0.717) is 28.1 Å². The van der Waals surface area contributed by atoms with Crippen molar-refractivity contribution in [2.24, 2.45) is 0 Å². The van der Waals surface area contributed by atoms with Crippen molar-refractivity contribution in [3.05, 3.63) is 59.9 Å². The molecule has 1 aromatic heterocycles. The molecule has 0 aliphatic carbocycles. The number of rotatable bonds is 3.